The van der Waals surface area contributed by atoms with E-state index in [1.807, 2.05) is 4.90 Å². The highest BCUT2D eigenvalue weighted by molar-refractivity contribution is 5.91. The van der Waals surface area contributed by atoms with Gasteiger partial charge in [0.05, 0.1) is 12.2 Å². The molecule has 162 valence electrons. The standard InChI is InChI=1S/C24H32N2O4/c1-16-5-3-7-24(2)14-21-17(13-19(16)24)18(23(28)30-21)15-25-8-10-26(11-9-25)22(27)20-6-4-12-29-20/h4,6,12,17-19,21H,1,3,5,7-11,13-15H2,2H3. The third-order valence-corrected chi connectivity index (χ3v) is 8.17. The minimum Gasteiger partial charge on any atom is -0.462 e. The van der Waals surface area contributed by atoms with Crippen molar-refractivity contribution in [2.24, 2.45) is 23.2 Å². The summed E-state index contributed by atoms with van der Waals surface area (Å²) in [4.78, 5) is 29.4. The average molecular weight is 413 g/mol. The fourth-order valence-electron chi connectivity index (χ4n) is 6.43. The van der Waals surface area contributed by atoms with E-state index in [1.165, 1.54) is 24.7 Å². The Bertz CT molecular complexity index is 826. The Morgan fingerprint density at radius 1 is 1.30 bits per heavy atom. The first-order valence-electron chi connectivity index (χ1n) is 11.4. The van der Waals surface area contributed by atoms with E-state index in [4.69, 9.17) is 9.15 Å². The quantitative estimate of drug-likeness (QED) is 0.563. The molecule has 0 N–H and O–H groups in total. The van der Waals surface area contributed by atoms with E-state index < -0.39 is 0 Å². The Hall–Kier alpha value is -2.08. The van der Waals surface area contributed by atoms with E-state index in [-0.39, 0.29) is 29.3 Å². The highest BCUT2D eigenvalue weighted by Crippen LogP contribution is 2.56. The predicted octanol–water partition coefficient (Wildman–Crippen LogP) is 3.35. The van der Waals surface area contributed by atoms with Gasteiger partial charge in [-0.05, 0) is 55.6 Å². The molecule has 2 aliphatic heterocycles. The summed E-state index contributed by atoms with van der Waals surface area (Å²) < 4.78 is 11.1. The van der Waals surface area contributed by atoms with Crippen molar-refractivity contribution in [3.05, 3.63) is 36.3 Å². The molecule has 3 heterocycles. The first kappa shape index (κ1) is 19.9. The molecule has 6 heteroatoms. The van der Waals surface area contributed by atoms with Crippen LogP contribution in [0.1, 0.15) is 49.6 Å². The van der Waals surface area contributed by atoms with Crippen molar-refractivity contribution in [2.75, 3.05) is 32.7 Å². The molecule has 0 aromatic carbocycles. The molecule has 4 fully saturated rings. The molecule has 2 aliphatic carbocycles. The summed E-state index contributed by atoms with van der Waals surface area (Å²) in [6.45, 7) is 10.4. The van der Waals surface area contributed by atoms with E-state index in [9.17, 15) is 9.59 Å². The van der Waals surface area contributed by atoms with Gasteiger partial charge in [0.1, 0.15) is 6.10 Å². The van der Waals surface area contributed by atoms with Crippen LogP contribution in [0.2, 0.25) is 0 Å². The van der Waals surface area contributed by atoms with Crippen LogP contribution in [0.5, 0.6) is 0 Å². The van der Waals surface area contributed by atoms with Gasteiger partial charge in [-0.15, -0.1) is 0 Å². The number of hydrogen-bond acceptors (Lipinski definition) is 5. The van der Waals surface area contributed by atoms with Crippen LogP contribution in [0.25, 0.3) is 0 Å². The zero-order valence-corrected chi connectivity index (χ0v) is 17.8. The van der Waals surface area contributed by atoms with Crippen LogP contribution in [0, 0.1) is 23.2 Å². The summed E-state index contributed by atoms with van der Waals surface area (Å²) in [5.41, 5.74) is 1.62. The number of hydrogen-bond donors (Lipinski definition) is 0. The molecular formula is C24H32N2O4. The molecule has 5 unspecified atom stereocenters. The van der Waals surface area contributed by atoms with Crippen LogP contribution >= 0.6 is 0 Å². The Balaban J connectivity index is 1.21. The van der Waals surface area contributed by atoms with Gasteiger partial charge in [-0.25, -0.2) is 0 Å². The summed E-state index contributed by atoms with van der Waals surface area (Å²) in [7, 11) is 0. The number of furan rings is 1. The number of carbonyl (C=O) groups is 2. The van der Waals surface area contributed by atoms with Crippen molar-refractivity contribution < 1.29 is 18.7 Å². The third-order valence-electron chi connectivity index (χ3n) is 8.17. The molecule has 30 heavy (non-hydrogen) atoms. The second-order valence-corrected chi connectivity index (χ2v) is 9.97. The smallest absolute Gasteiger partial charge is 0.310 e. The van der Waals surface area contributed by atoms with Gasteiger partial charge in [0.15, 0.2) is 5.76 Å². The summed E-state index contributed by atoms with van der Waals surface area (Å²) in [5.74, 6) is 1.08. The second-order valence-electron chi connectivity index (χ2n) is 9.97. The maximum absolute atomic E-state index is 12.8. The van der Waals surface area contributed by atoms with Crippen LogP contribution in [-0.2, 0) is 9.53 Å². The molecule has 0 spiro atoms. The molecule has 2 saturated carbocycles. The lowest BCUT2D eigenvalue weighted by atomic mass is 9.55. The molecular weight excluding hydrogens is 380 g/mol. The number of carbonyl (C=O) groups excluding carboxylic acids is 2. The lowest BCUT2D eigenvalue weighted by Gasteiger charge is -2.50. The van der Waals surface area contributed by atoms with E-state index in [0.29, 0.717) is 30.7 Å². The molecule has 5 rings (SSSR count). The van der Waals surface area contributed by atoms with Gasteiger partial charge in [0, 0.05) is 38.6 Å². The van der Waals surface area contributed by atoms with Crippen molar-refractivity contribution in [3.8, 4) is 0 Å². The molecule has 2 saturated heterocycles. The first-order valence-corrected chi connectivity index (χ1v) is 11.4. The van der Waals surface area contributed by atoms with Crippen molar-refractivity contribution >= 4 is 11.9 Å². The van der Waals surface area contributed by atoms with Crippen LogP contribution in [0.4, 0.5) is 0 Å². The lowest BCUT2D eigenvalue weighted by Crippen LogP contribution is -2.51. The maximum Gasteiger partial charge on any atom is 0.310 e. The van der Waals surface area contributed by atoms with Crippen LogP contribution in [-0.4, -0.2) is 60.5 Å². The summed E-state index contributed by atoms with van der Waals surface area (Å²) >= 11 is 0. The topological polar surface area (TPSA) is 63.0 Å². The number of allylic oxidation sites excluding steroid dienone is 1. The van der Waals surface area contributed by atoms with Crippen LogP contribution in [0.15, 0.2) is 35.0 Å². The summed E-state index contributed by atoms with van der Waals surface area (Å²) in [5, 5.41) is 0. The van der Waals surface area contributed by atoms with Gasteiger partial charge in [-0.1, -0.05) is 19.1 Å². The monoisotopic (exact) mass is 412 g/mol. The second kappa shape index (κ2) is 7.56. The van der Waals surface area contributed by atoms with Crippen LogP contribution < -0.4 is 0 Å². The minimum absolute atomic E-state index is 0.0213. The molecule has 4 aliphatic rings. The van der Waals surface area contributed by atoms with Gasteiger partial charge < -0.3 is 14.1 Å². The molecule has 6 nitrogen and oxygen atoms in total. The number of nitrogens with zero attached hydrogens (tertiary/aromatic N) is 2. The first-order chi connectivity index (χ1) is 14.4. The number of rotatable bonds is 3. The largest absolute Gasteiger partial charge is 0.462 e. The Morgan fingerprint density at radius 3 is 2.83 bits per heavy atom. The number of amides is 1. The molecule has 1 aromatic rings. The zero-order valence-electron chi connectivity index (χ0n) is 17.8. The molecule has 1 amide bonds. The van der Waals surface area contributed by atoms with E-state index >= 15 is 0 Å². The highest BCUT2D eigenvalue weighted by atomic mass is 16.6. The lowest BCUT2D eigenvalue weighted by molar-refractivity contribution is -0.146. The van der Waals surface area contributed by atoms with Crippen molar-refractivity contribution in [2.45, 2.75) is 45.1 Å². The molecule has 1 aromatic heterocycles. The number of fused-ring (bicyclic) bond motifs is 2. The Kier molecular flexibility index (Phi) is 5.00. The maximum atomic E-state index is 12.8. The average Bonchev–Trinajstić information content (AvgIpc) is 3.35. The predicted molar refractivity (Wildman–Crippen MR) is 112 cm³/mol. The fraction of sp³-hybridized carbons (Fsp3) is 0.667. The Labute approximate surface area is 178 Å². The third kappa shape index (κ3) is 3.39. The Morgan fingerprint density at radius 2 is 2.10 bits per heavy atom. The normalized spacial score (nSPS) is 36.9. The van der Waals surface area contributed by atoms with Gasteiger partial charge >= 0.3 is 5.97 Å². The summed E-state index contributed by atoms with van der Waals surface area (Å²) in [6, 6.07) is 3.45. The van der Waals surface area contributed by atoms with Crippen molar-refractivity contribution in [1.29, 1.82) is 0 Å². The summed E-state index contributed by atoms with van der Waals surface area (Å²) in [6.07, 6.45) is 7.17. The van der Waals surface area contributed by atoms with E-state index in [0.717, 1.165) is 38.9 Å². The van der Waals surface area contributed by atoms with E-state index in [2.05, 4.69) is 18.4 Å². The van der Waals surface area contributed by atoms with Gasteiger partial charge in [-0.3, -0.25) is 14.5 Å². The molecule has 0 radical (unpaired) electrons. The van der Waals surface area contributed by atoms with Gasteiger partial charge in [-0.2, -0.15) is 0 Å². The molecule has 0 bridgehead atoms. The van der Waals surface area contributed by atoms with E-state index in [1.54, 1.807) is 12.1 Å². The SMILES string of the molecule is C=C1CCCC2(C)CC3OC(=O)C(CN4CCN(C(=O)c5ccco5)CC4)C3CC12. The van der Waals surface area contributed by atoms with Gasteiger partial charge in [0.25, 0.3) is 5.91 Å². The number of piperazine rings is 1. The van der Waals surface area contributed by atoms with Gasteiger partial charge in [0.2, 0.25) is 0 Å². The van der Waals surface area contributed by atoms with Crippen molar-refractivity contribution in [1.82, 2.24) is 9.80 Å². The minimum atomic E-state index is -0.0541. The molecule has 5 atom stereocenters. The van der Waals surface area contributed by atoms with Crippen LogP contribution in [0.3, 0.4) is 0 Å². The van der Waals surface area contributed by atoms with Crippen molar-refractivity contribution in [3.63, 3.8) is 0 Å². The highest BCUT2D eigenvalue weighted by Gasteiger charge is 2.55. The number of esters is 1. The zero-order chi connectivity index (χ0) is 20.9. The fourth-order valence-corrected chi connectivity index (χ4v) is 6.43. The number of ether oxygens (including phenoxy) is 1.